The summed E-state index contributed by atoms with van der Waals surface area (Å²) in [5.41, 5.74) is 2.19. The average molecular weight is 279 g/mol. The quantitative estimate of drug-likeness (QED) is 0.671. The SMILES string of the molecule is Cc1cc(C)cc(OCCSc2n[nH]c(=O)n2C)c1. The Hall–Kier alpha value is -1.69. The van der Waals surface area contributed by atoms with Crippen LogP contribution in [0.25, 0.3) is 0 Å². The molecular formula is C13H17N3O2S. The third kappa shape index (κ3) is 3.64. The van der Waals surface area contributed by atoms with Crippen molar-refractivity contribution >= 4 is 11.8 Å². The number of hydrogen-bond donors (Lipinski definition) is 1. The molecule has 102 valence electrons. The van der Waals surface area contributed by atoms with Gasteiger partial charge in [0, 0.05) is 12.8 Å². The molecule has 0 aliphatic heterocycles. The van der Waals surface area contributed by atoms with Crippen LogP contribution in [0.5, 0.6) is 5.75 Å². The van der Waals surface area contributed by atoms with Gasteiger partial charge in [0.05, 0.1) is 6.61 Å². The number of nitrogens with zero attached hydrogens (tertiary/aromatic N) is 2. The fraction of sp³-hybridized carbons (Fsp3) is 0.385. The first-order valence-electron chi connectivity index (χ1n) is 6.01. The second-order valence-corrected chi connectivity index (χ2v) is 5.45. The molecule has 5 nitrogen and oxygen atoms in total. The normalized spacial score (nSPS) is 10.7. The molecule has 0 aliphatic carbocycles. The molecule has 0 radical (unpaired) electrons. The number of thioether (sulfide) groups is 1. The van der Waals surface area contributed by atoms with E-state index < -0.39 is 0 Å². The van der Waals surface area contributed by atoms with Gasteiger partial charge in [-0.1, -0.05) is 17.8 Å². The van der Waals surface area contributed by atoms with Gasteiger partial charge in [-0.2, -0.15) is 0 Å². The van der Waals surface area contributed by atoms with Crippen molar-refractivity contribution in [1.82, 2.24) is 14.8 Å². The van der Waals surface area contributed by atoms with Crippen LogP contribution >= 0.6 is 11.8 Å². The van der Waals surface area contributed by atoms with Crippen molar-refractivity contribution in [1.29, 1.82) is 0 Å². The van der Waals surface area contributed by atoms with Crippen molar-refractivity contribution in [2.45, 2.75) is 19.0 Å². The molecule has 2 aromatic rings. The maximum atomic E-state index is 11.2. The van der Waals surface area contributed by atoms with Crippen molar-refractivity contribution in [3.63, 3.8) is 0 Å². The predicted molar refractivity (Wildman–Crippen MR) is 76.0 cm³/mol. The summed E-state index contributed by atoms with van der Waals surface area (Å²) >= 11 is 1.49. The van der Waals surface area contributed by atoms with Gasteiger partial charge in [-0.05, 0) is 37.1 Å². The van der Waals surface area contributed by atoms with Gasteiger partial charge < -0.3 is 4.74 Å². The zero-order chi connectivity index (χ0) is 13.8. The van der Waals surface area contributed by atoms with E-state index >= 15 is 0 Å². The summed E-state index contributed by atoms with van der Waals surface area (Å²) in [6, 6.07) is 6.14. The first-order valence-corrected chi connectivity index (χ1v) is 7.00. The highest BCUT2D eigenvalue weighted by molar-refractivity contribution is 7.99. The maximum absolute atomic E-state index is 11.2. The number of rotatable bonds is 5. The molecule has 0 spiro atoms. The van der Waals surface area contributed by atoms with Crippen molar-refractivity contribution < 1.29 is 4.74 Å². The first kappa shape index (κ1) is 13.7. The molecule has 0 saturated carbocycles. The van der Waals surface area contributed by atoms with Gasteiger partial charge in [-0.3, -0.25) is 4.57 Å². The van der Waals surface area contributed by atoms with Crippen LogP contribution in [0.4, 0.5) is 0 Å². The van der Waals surface area contributed by atoms with Gasteiger partial charge in [-0.15, -0.1) is 5.10 Å². The number of aromatic nitrogens is 3. The molecule has 0 aliphatic rings. The topological polar surface area (TPSA) is 59.9 Å². The molecule has 0 unspecified atom stereocenters. The lowest BCUT2D eigenvalue weighted by Gasteiger charge is -2.07. The predicted octanol–water partition coefficient (Wildman–Crippen LogP) is 1.90. The minimum absolute atomic E-state index is 0.197. The Morgan fingerprint density at radius 3 is 2.58 bits per heavy atom. The number of aromatic amines is 1. The van der Waals surface area contributed by atoms with Gasteiger partial charge in [0.25, 0.3) is 0 Å². The van der Waals surface area contributed by atoms with E-state index in [0.717, 1.165) is 11.5 Å². The van der Waals surface area contributed by atoms with E-state index in [1.165, 1.54) is 27.5 Å². The van der Waals surface area contributed by atoms with E-state index in [4.69, 9.17) is 4.74 Å². The van der Waals surface area contributed by atoms with Crippen LogP contribution in [-0.4, -0.2) is 27.1 Å². The van der Waals surface area contributed by atoms with Crippen LogP contribution < -0.4 is 10.4 Å². The lowest BCUT2D eigenvalue weighted by Crippen LogP contribution is -2.13. The number of hydrogen-bond acceptors (Lipinski definition) is 4. The molecule has 2 rings (SSSR count). The molecule has 1 aromatic heterocycles. The highest BCUT2D eigenvalue weighted by Crippen LogP contribution is 2.17. The summed E-state index contributed by atoms with van der Waals surface area (Å²) in [6.07, 6.45) is 0. The van der Waals surface area contributed by atoms with Crippen molar-refractivity contribution in [2.24, 2.45) is 7.05 Å². The molecule has 0 atom stereocenters. The molecule has 19 heavy (non-hydrogen) atoms. The van der Waals surface area contributed by atoms with E-state index in [2.05, 4.69) is 16.3 Å². The van der Waals surface area contributed by atoms with Gasteiger partial charge in [0.15, 0.2) is 5.16 Å². The highest BCUT2D eigenvalue weighted by atomic mass is 32.2. The van der Waals surface area contributed by atoms with Crippen LogP contribution in [-0.2, 0) is 7.05 Å². The van der Waals surface area contributed by atoms with Gasteiger partial charge in [-0.25, -0.2) is 9.89 Å². The fourth-order valence-electron chi connectivity index (χ4n) is 1.77. The molecule has 6 heteroatoms. The molecule has 0 fully saturated rings. The Balaban J connectivity index is 1.84. The highest BCUT2D eigenvalue weighted by Gasteiger charge is 2.04. The van der Waals surface area contributed by atoms with E-state index in [0.29, 0.717) is 11.8 Å². The minimum atomic E-state index is -0.197. The Labute approximate surface area is 116 Å². The number of aryl methyl sites for hydroxylation is 2. The largest absolute Gasteiger partial charge is 0.493 e. The molecule has 1 heterocycles. The van der Waals surface area contributed by atoms with Gasteiger partial charge in [0.1, 0.15) is 5.75 Å². The van der Waals surface area contributed by atoms with Gasteiger partial charge in [0.2, 0.25) is 0 Å². The molecular weight excluding hydrogens is 262 g/mol. The van der Waals surface area contributed by atoms with Crippen molar-refractivity contribution in [3.8, 4) is 5.75 Å². The fourth-order valence-corrected chi connectivity index (χ4v) is 2.51. The van der Waals surface area contributed by atoms with E-state index in [1.807, 2.05) is 26.0 Å². The monoisotopic (exact) mass is 279 g/mol. The molecule has 1 N–H and O–H groups in total. The lowest BCUT2D eigenvalue weighted by molar-refractivity contribution is 0.343. The van der Waals surface area contributed by atoms with Gasteiger partial charge >= 0.3 is 5.69 Å². The Morgan fingerprint density at radius 2 is 2.00 bits per heavy atom. The standard InChI is InChI=1S/C13H17N3O2S/c1-9-6-10(2)8-11(7-9)18-4-5-19-13-15-14-12(17)16(13)3/h6-8H,4-5H2,1-3H3,(H,14,17). The zero-order valence-electron chi connectivity index (χ0n) is 11.3. The van der Waals surface area contributed by atoms with E-state index in [9.17, 15) is 4.79 Å². The molecule has 0 amide bonds. The Morgan fingerprint density at radius 1 is 1.32 bits per heavy atom. The molecule has 0 saturated heterocycles. The lowest BCUT2D eigenvalue weighted by atomic mass is 10.1. The summed E-state index contributed by atoms with van der Waals surface area (Å²) in [5, 5.41) is 7.00. The summed E-state index contributed by atoms with van der Waals surface area (Å²) in [4.78, 5) is 11.2. The second-order valence-electron chi connectivity index (χ2n) is 4.39. The third-order valence-corrected chi connectivity index (χ3v) is 3.61. The number of ether oxygens (including phenoxy) is 1. The van der Waals surface area contributed by atoms with Crippen LogP contribution in [0.15, 0.2) is 28.2 Å². The Kier molecular flexibility index (Phi) is 4.31. The summed E-state index contributed by atoms with van der Waals surface area (Å²) in [6.45, 7) is 4.68. The molecule has 0 bridgehead atoms. The Bertz CT molecular complexity index is 598. The summed E-state index contributed by atoms with van der Waals surface area (Å²) < 4.78 is 7.18. The minimum Gasteiger partial charge on any atom is -0.493 e. The maximum Gasteiger partial charge on any atom is 0.343 e. The van der Waals surface area contributed by atoms with E-state index in [1.54, 1.807) is 7.05 Å². The number of benzene rings is 1. The van der Waals surface area contributed by atoms with Crippen molar-refractivity contribution in [2.75, 3.05) is 12.4 Å². The van der Waals surface area contributed by atoms with E-state index in [-0.39, 0.29) is 5.69 Å². The molecule has 1 aromatic carbocycles. The first-order chi connectivity index (χ1) is 9.06. The smallest absolute Gasteiger partial charge is 0.343 e. The third-order valence-electron chi connectivity index (χ3n) is 2.62. The average Bonchev–Trinajstić information content (AvgIpc) is 2.65. The van der Waals surface area contributed by atoms with Crippen LogP contribution in [0.3, 0.4) is 0 Å². The summed E-state index contributed by atoms with van der Waals surface area (Å²) in [7, 11) is 1.69. The van der Waals surface area contributed by atoms with Crippen LogP contribution in [0.1, 0.15) is 11.1 Å². The second kappa shape index (κ2) is 5.97. The summed E-state index contributed by atoms with van der Waals surface area (Å²) in [5.74, 6) is 1.62. The van der Waals surface area contributed by atoms with Crippen LogP contribution in [0.2, 0.25) is 0 Å². The van der Waals surface area contributed by atoms with Crippen LogP contribution in [0, 0.1) is 13.8 Å². The number of H-pyrrole nitrogens is 1. The van der Waals surface area contributed by atoms with Crippen molar-refractivity contribution in [3.05, 3.63) is 39.8 Å². The zero-order valence-corrected chi connectivity index (χ0v) is 12.1. The number of nitrogens with one attached hydrogen (secondary N) is 1.